The molecule has 4 heteroatoms. The maximum Gasteiger partial charge on any atom is 0.220 e. The third-order valence-corrected chi connectivity index (χ3v) is 3.17. The second-order valence-electron chi connectivity index (χ2n) is 5.28. The largest absolute Gasteiger partial charge is 0.496 e. The predicted octanol–water partition coefficient (Wildman–Crippen LogP) is 2.72. The molecule has 20 heavy (non-hydrogen) atoms. The SMILES string of the molecule is COc1ccc(CCNC(=O)CC(C)C)c(OC)c1C. The first kappa shape index (κ1) is 16.3. The number of methoxy groups -OCH3 is 2. The van der Waals surface area contributed by atoms with Crippen LogP contribution in [0.2, 0.25) is 0 Å². The van der Waals surface area contributed by atoms with E-state index in [1.165, 1.54) is 0 Å². The number of rotatable bonds is 7. The van der Waals surface area contributed by atoms with E-state index in [9.17, 15) is 4.79 Å². The zero-order chi connectivity index (χ0) is 15.1. The van der Waals surface area contributed by atoms with E-state index in [2.05, 4.69) is 5.32 Å². The first-order chi connectivity index (χ1) is 9.49. The fourth-order valence-electron chi connectivity index (χ4n) is 2.21. The Morgan fingerprint density at radius 2 is 1.95 bits per heavy atom. The second-order valence-corrected chi connectivity index (χ2v) is 5.28. The Bertz CT molecular complexity index is 455. The fourth-order valence-corrected chi connectivity index (χ4v) is 2.21. The van der Waals surface area contributed by atoms with Gasteiger partial charge in [0.05, 0.1) is 14.2 Å². The summed E-state index contributed by atoms with van der Waals surface area (Å²) >= 11 is 0. The molecule has 0 aliphatic carbocycles. The van der Waals surface area contributed by atoms with Crippen molar-refractivity contribution in [2.75, 3.05) is 20.8 Å². The highest BCUT2D eigenvalue weighted by atomic mass is 16.5. The highest BCUT2D eigenvalue weighted by molar-refractivity contribution is 5.76. The van der Waals surface area contributed by atoms with Gasteiger partial charge in [-0.1, -0.05) is 19.9 Å². The third-order valence-electron chi connectivity index (χ3n) is 3.17. The van der Waals surface area contributed by atoms with Gasteiger partial charge in [-0.2, -0.15) is 0 Å². The molecule has 0 spiro atoms. The smallest absolute Gasteiger partial charge is 0.220 e. The van der Waals surface area contributed by atoms with Crippen LogP contribution >= 0.6 is 0 Å². The van der Waals surface area contributed by atoms with Gasteiger partial charge in [-0.25, -0.2) is 0 Å². The van der Waals surface area contributed by atoms with Crippen molar-refractivity contribution in [2.24, 2.45) is 5.92 Å². The lowest BCUT2D eigenvalue weighted by atomic mass is 10.1. The number of hydrogen-bond acceptors (Lipinski definition) is 3. The predicted molar refractivity (Wildman–Crippen MR) is 80.5 cm³/mol. The van der Waals surface area contributed by atoms with E-state index in [1.807, 2.05) is 32.9 Å². The number of amides is 1. The van der Waals surface area contributed by atoms with E-state index >= 15 is 0 Å². The van der Waals surface area contributed by atoms with Crippen LogP contribution in [0, 0.1) is 12.8 Å². The van der Waals surface area contributed by atoms with Crippen molar-refractivity contribution < 1.29 is 14.3 Å². The van der Waals surface area contributed by atoms with Crippen LogP contribution in [0.5, 0.6) is 11.5 Å². The minimum absolute atomic E-state index is 0.101. The van der Waals surface area contributed by atoms with E-state index in [4.69, 9.17) is 9.47 Å². The zero-order valence-corrected chi connectivity index (χ0v) is 13.1. The van der Waals surface area contributed by atoms with Crippen molar-refractivity contribution in [3.8, 4) is 11.5 Å². The monoisotopic (exact) mass is 279 g/mol. The van der Waals surface area contributed by atoms with Crippen molar-refractivity contribution in [1.29, 1.82) is 0 Å². The van der Waals surface area contributed by atoms with Crippen LogP contribution in [0.3, 0.4) is 0 Å². The molecule has 0 radical (unpaired) electrons. The van der Waals surface area contributed by atoms with Crippen LogP contribution in [0.15, 0.2) is 12.1 Å². The molecule has 0 saturated carbocycles. The highest BCUT2D eigenvalue weighted by Gasteiger charge is 2.11. The Morgan fingerprint density at radius 3 is 2.50 bits per heavy atom. The summed E-state index contributed by atoms with van der Waals surface area (Å²) in [6.07, 6.45) is 1.32. The van der Waals surface area contributed by atoms with Gasteiger partial charge in [-0.05, 0) is 30.9 Å². The van der Waals surface area contributed by atoms with Gasteiger partial charge in [0.25, 0.3) is 0 Å². The molecule has 0 fully saturated rings. The van der Waals surface area contributed by atoms with Crippen molar-refractivity contribution >= 4 is 5.91 Å². The summed E-state index contributed by atoms with van der Waals surface area (Å²) in [4.78, 5) is 11.6. The van der Waals surface area contributed by atoms with Crippen LogP contribution in [0.4, 0.5) is 0 Å². The van der Waals surface area contributed by atoms with Crippen LogP contribution in [0.1, 0.15) is 31.4 Å². The van der Waals surface area contributed by atoms with Gasteiger partial charge in [-0.15, -0.1) is 0 Å². The van der Waals surface area contributed by atoms with Gasteiger partial charge in [0, 0.05) is 18.5 Å². The van der Waals surface area contributed by atoms with Crippen LogP contribution in [-0.4, -0.2) is 26.7 Å². The topological polar surface area (TPSA) is 47.6 Å². The maximum absolute atomic E-state index is 11.6. The van der Waals surface area contributed by atoms with E-state index in [0.717, 1.165) is 29.0 Å². The molecule has 0 aliphatic rings. The molecule has 0 aromatic heterocycles. The summed E-state index contributed by atoms with van der Waals surface area (Å²) < 4.78 is 10.7. The highest BCUT2D eigenvalue weighted by Crippen LogP contribution is 2.31. The maximum atomic E-state index is 11.6. The van der Waals surface area contributed by atoms with Gasteiger partial charge in [0.15, 0.2) is 0 Å². The molecule has 0 heterocycles. The van der Waals surface area contributed by atoms with Crippen LogP contribution < -0.4 is 14.8 Å². The molecule has 0 atom stereocenters. The van der Waals surface area contributed by atoms with Crippen molar-refractivity contribution in [2.45, 2.75) is 33.6 Å². The molecule has 1 rings (SSSR count). The molecular formula is C16H25NO3. The molecule has 1 aromatic rings. The van der Waals surface area contributed by atoms with E-state index in [0.29, 0.717) is 18.9 Å². The lowest BCUT2D eigenvalue weighted by Gasteiger charge is -2.15. The zero-order valence-electron chi connectivity index (χ0n) is 13.1. The number of benzene rings is 1. The Hall–Kier alpha value is -1.71. The summed E-state index contributed by atoms with van der Waals surface area (Å²) in [5.41, 5.74) is 2.07. The van der Waals surface area contributed by atoms with Crippen molar-refractivity contribution in [1.82, 2.24) is 5.32 Å². The summed E-state index contributed by atoms with van der Waals surface area (Å²) in [5.74, 6) is 2.13. The average Bonchev–Trinajstić information content (AvgIpc) is 2.38. The summed E-state index contributed by atoms with van der Waals surface area (Å²) in [6.45, 7) is 6.66. The van der Waals surface area contributed by atoms with Crippen molar-refractivity contribution in [3.05, 3.63) is 23.3 Å². The minimum Gasteiger partial charge on any atom is -0.496 e. The molecule has 4 nitrogen and oxygen atoms in total. The lowest BCUT2D eigenvalue weighted by molar-refractivity contribution is -0.121. The standard InChI is InChI=1S/C16H25NO3/c1-11(2)10-15(18)17-9-8-13-6-7-14(19-4)12(3)16(13)20-5/h6-7,11H,8-10H2,1-5H3,(H,17,18). The normalized spacial score (nSPS) is 10.5. The number of ether oxygens (including phenoxy) is 2. The first-order valence-electron chi connectivity index (χ1n) is 6.96. The third kappa shape index (κ3) is 4.44. The number of nitrogens with one attached hydrogen (secondary N) is 1. The first-order valence-corrected chi connectivity index (χ1v) is 6.96. The van der Waals surface area contributed by atoms with Gasteiger partial charge in [0.1, 0.15) is 11.5 Å². The van der Waals surface area contributed by atoms with Crippen LogP contribution in [-0.2, 0) is 11.2 Å². The molecule has 1 amide bonds. The Morgan fingerprint density at radius 1 is 1.25 bits per heavy atom. The summed E-state index contributed by atoms with van der Waals surface area (Å²) in [7, 11) is 3.30. The van der Waals surface area contributed by atoms with Gasteiger partial charge in [0.2, 0.25) is 5.91 Å². The van der Waals surface area contributed by atoms with E-state index < -0.39 is 0 Å². The number of carbonyl (C=O) groups is 1. The van der Waals surface area contributed by atoms with Crippen LogP contribution in [0.25, 0.3) is 0 Å². The number of carbonyl (C=O) groups excluding carboxylic acids is 1. The Balaban J connectivity index is 2.64. The van der Waals surface area contributed by atoms with Gasteiger partial charge >= 0.3 is 0 Å². The quantitative estimate of drug-likeness (QED) is 0.835. The van der Waals surface area contributed by atoms with Gasteiger partial charge in [-0.3, -0.25) is 4.79 Å². The molecule has 0 aliphatic heterocycles. The fraction of sp³-hybridized carbons (Fsp3) is 0.562. The molecular weight excluding hydrogens is 254 g/mol. The average molecular weight is 279 g/mol. The molecule has 1 aromatic carbocycles. The molecule has 0 bridgehead atoms. The molecule has 0 saturated heterocycles. The lowest BCUT2D eigenvalue weighted by Crippen LogP contribution is -2.26. The van der Waals surface area contributed by atoms with E-state index in [-0.39, 0.29) is 5.91 Å². The molecule has 112 valence electrons. The minimum atomic E-state index is 0.101. The second kappa shape index (κ2) is 7.78. The Kier molecular flexibility index (Phi) is 6.36. The summed E-state index contributed by atoms with van der Waals surface area (Å²) in [6, 6.07) is 3.92. The van der Waals surface area contributed by atoms with E-state index in [1.54, 1.807) is 14.2 Å². The number of hydrogen-bond donors (Lipinski definition) is 1. The molecule has 1 N–H and O–H groups in total. The Labute approximate surface area is 121 Å². The van der Waals surface area contributed by atoms with Gasteiger partial charge < -0.3 is 14.8 Å². The molecule has 0 unspecified atom stereocenters. The van der Waals surface area contributed by atoms with Crippen molar-refractivity contribution in [3.63, 3.8) is 0 Å². The summed E-state index contributed by atoms with van der Waals surface area (Å²) in [5, 5.41) is 2.94.